The monoisotopic (exact) mass is 293 g/mol. The highest BCUT2D eigenvalue weighted by Gasteiger charge is 2.26. The van der Waals surface area contributed by atoms with Crippen molar-refractivity contribution in [2.45, 2.75) is 18.8 Å². The van der Waals surface area contributed by atoms with E-state index in [4.69, 9.17) is 10.2 Å². The molecule has 0 aliphatic carbocycles. The van der Waals surface area contributed by atoms with Gasteiger partial charge >= 0.3 is 0 Å². The molecule has 3 heteroatoms. The zero-order valence-corrected chi connectivity index (χ0v) is 11.4. The largest absolute Gasteiger partial charge is 0.469 e. The molecule has 1 unspecified atom stereocenters. The number of halogens is 1. The lowest BCUT2D eigenvalue weighted by atomic mass is 9.79. The number of rotatable bonds is 4. The van der Waals surface area contributed by atoms with Crippen molar-refractivity contribution >= 4 is 15.9 Å². The molecule has 1 aromatic carbocycles. The van der Waals surface area contributed by atoms with E-state index in [9.17, 15) is 0 Å². The van der Waals surface area contributed by atoms with Gasteiger partial charge in [0.05, 0.1) is 6.26 Å². The smallest absolute Gasteiger partial charge is 0.104 e. The molecule has 90 valence electrons. The van der Waals surface area contributed by atoms with E-state index in [1.807, 2.05) is 24.3 Å². The first kappa shape index (κ1) is 12.4. The Bertz CT molecular complexity index is 463. The summed E-state index contributed by atoms with van der Waals surface area (Å²) in [6, 6.07) is 12.2. The SMILES string of the molecule is CC(CN)(Cc1ccco1)c1ccc(Br)cc1. The normalized spacial score (nSPS) is 14.5. The molecular weight excluding hydrogens is 278 g/mol. The number of nitrogens with two attached hydrogens (primary N) is 1. The Hall–Kier alpha value is -1.06. The standard InChI is InChI=1S/C14H16BrNO/c1-14(10-16,9-13-3-2-8-17-13)11-4-6-12(15)7-5-11/h2-8H,9-10,16H2,1H3. The predicted molar refractivity (Wildman–Crippen MR) is 73.0 cm³/mol. The maximum absolute atomic E-state index is 5.94. The van der Waals surface area contributed by atoms with E-state index in [1.165, 1.54) is 5.56 Å². The molecule has 0 amide bonds. The molecular formula is C14H16BrNO. The van der Waals surface area contributed by atoms with Crippen LogP contribution in [0.3, 0.4) is 0 Å². The van der Waals surface area contributed by atoms with Crippen LogP contribution in [0.2, 0.25) is 0 Å². The second-order valence-electron chi connectivity index (χ2n) is 4.53. The van der Waals surface area contributed by atoms with Crippen molar-refractivity contribution in [3.63, 3.8) is 0 Å². The Morgan fingerprint density at radius 1 is 1.24 bits per heavy atom. The molecule has 2 rings (SSSR count). The quantitative estimate of drug-likeness (QED) is 0.937. The lowest BCUT2D eigenvalue weighted by Crippen LogP contribution is -2.34. The van der Waals surface area contributed by atoms with Gasteiger partial charge in [-0.25, -0.2) is 0 Å². The minimum Gasteiger partial charge on any atom is -0.469 e. The minimum atomic E-state index is -0.0848. The van der Waals surface area contributed by atoms with Crippen LogP contribution < -0.4 is 5.73 Å². The van der Waals surface area contributed by atoms with Crippen LogP contribution in [0.25, 0.3) is 0 Å². The van der Waals surface area contributed by atoms with Gasteiger partial charge < -0.3 is 10.2 Å². The molecule has 1 atom stereocenters. The second kappa shape index (κ2) is 5.07. The van der Waals surface area contributed by atoms with E-state index >= 15 is 0 Å². The molecule has 0 aliphatic rings. The van der Waals surface area contributed by atoms with Gasteiger partial charge in [0, 0.05) is 22.9 Å². The Balaban J connectivity index is 2.27. The van der Waals surface area contributed by atoms with Gasteiger partial charge in [-0.1, -0.05) is 35.0 Å². The summed E-state index contributed by atoms with van der Waals surface area (Å²) < 4.78 is 6.49. The third-order valence-electron chi connectivity index (χ3n) is 3.14. The van der Waals surface area contributed by atoms with Gasteiger partial charge in [0.25, 0.3) is 0 Å². The molecule has 1 aromatic heterocycles. The predicted octanol–water partition coefficient (Wildman–Crippen LogP) is 3.50. The van der Waals surface area contributed by atoms with Crippen molar-refractivity contribution in [1.29, 1.82) is 0 Å². The van der Waals surface area contributed by atoms with Crippen molar-refractivity contribution in [1.82, 2.24) is 0 Å². The average molecular weight is 294 g/mol. The molecule has 17 heavy (non-hydrogen) atoms. The van der Waals surface area contributed by atoms with E-state index in [0.29, 0.717) is 6.54 Å². The topological polar surface area (TPSA) is 39.2 Å². The summed E-state index contributed by atoms with van der Waals surface area (Å²) >= 11 is 3.44. The molecule has 2 nitrogen and oxygen atoms in total. The van der Waals surface area contributed by atoms with Crippen LogP contribution in [0.1, 0.15) is 18.2 Å². The summed E-state index contributed by atoms with van der Waals surface area (Å²) in [5.74, 6) is 0.973. The molecule has 2 N–H and O–H groups in total. The summed E-state index contributed by atoms with van der Waals surface area (Å²) in [6.45, 7) is 2.76. The fourth-order valence-corrected chi connectivity index (χ4v) is 2.21. The summed E-state index contributed by atoms with van der Waals surface area (Å²) in [7, 11) is 0. The molecule has 0 radical (unpaired) electrons. The number of furan rings is 1. The fraction of sp³-hybridized carbons (Fsp3) is 0.286. The van der Waals surface area contributed by atoms with E-state index in [1.54, 1.807) is 6.26 Å². The molecule has 1 heterocycles. The molecule has 0 aliphatic heterocycles. The van der Waals surface area contributed by atoms with Crippen molar-refractivity contribution < 1.29 is 4.42 Å². The highest BCUT2D eigenvalue weighted by molar-refractivity contribution is 9.10. The molecule has 0 saturated heterocycles. The Labute approximate surface area is 110 Å². The first-order valence-electron chi connectivity index (χ1n) is 5.62. The fourth-order valence-electron chi connectivity index (χ4n) is 1.94. The summed E-state index contributed by atoms with van der Waals surface area (Å²) in [4.78, 5) is 0. The molecule has 2 aromatic rings. The number of benzene rings is 1. The Morgan fingerprint density at radius 2 is 1.94 bits per heavy atom. The summed E-state index contributed by atoms with van der Waals surface area (Å²) in [5.41, 5.74) is 7.09. The first-order chi connectivity index (χ1) is 8.14. The minimum absolute atomic E-state index is 0.0848. The molecule has 0 spiro atoms. The summed E-state index contributed by atoms with van der Waals surface area (Å²) in [5, 5.41) is 0. The van der Waals surface area contributed by atoms with Crippen LogP contribution in [0.5, 0.6) is 0 Å². The van der Waals surface area contributed by atoms with Crippen molar-refractivity contribution in [3.05, 3.63) is 58.5 Å². The van der Waals surface area contributed by atoms with E-state index in [2.05, 4.69) is 35.0 Å². The zero-order chi connectivity index (χ0) is 12.3. The Kier molecular flexibility index (Phi) is 3.69. The van der Waals surface area contributed by atoms with Gasteiger partial charge in [0.2, 0.25) is 0 Å². The van der Waals surface area contributed by atoms with E-state index in [-0.39, 0.29) is 5.41 Å². The van der Waals surface area contributed by atoms with E-state index in [0.717, 1.165) is 16.7 Å². The van der Waals surface area contributed by atoms with Gasteiger partial charge in [-0.3, -0.25) is 0 Å². The third-order valence-corrected chi connectivity index (χ3v) is 3.66. The van der Waals surface area contributed by atoms with Gasteiger partial charge in [-0.15, -0.1) is 0 Å². The Morgan fingerprint density at radius 3 is 2.47 bits per heavy atom. The first-order valence-corrected chi connectivity index (χ1v) is 6.42. The van der Waals surface area contributed by atoms with Gasteiger partial charge in [0.1, 0.15) is 5.76 Å². The molecule has 0 saturated carbocycles. The maximum atomic E-state index is 5.94. The molecule has 0 fully saturated rings. The third kappa shape index (κ3) is 2.79. The van der Waals surface area contributed by atoms with Gasteiger partial charge in [-0.2, -0.15) is 0 Å². The van der Waals surface area contributed by atoms with Crippen LogP contribution in [-0.4, -0.2) is 6.54 Å². The van der Waals surface area contributed by atoms with Crippen molar-refractivity contribution in [2.24, 2.45) is 5.73 Å². The lowest BCUT2D eigenvalue weighted by Gasteiger charge is -2.27. The van der Waals surface area contributed by atoms with Crippen LogP contribution in [0.4, 0.5) is 0 Å². The maximum Gasteiger partial charge on any atom is 0.104 e. The molecule has 0 bridgehead atoms. The summed E-state index contributed by atoms with van der Waals surface area (Å²) in [6.07, 6.45) is 2.52. The van der Waals surface area contributed by atoms with Crippen LogP contribution in [0.15, 0.2) is 51.6 Å². The van der Waals surface area contributed by atoms with Crippen LogP contribution >= 0.6 is 15.9 Å². The highest BCUT2D eigenvalue weighted by atomic mass is 79.9. The highest BCUT2D eigenvalue weighted by Crippen LogP contribution is 2.28. The van der Waals surface area contributed by atoms with Crippen LogP contribution in [0, 0.1) is 0 Å². The average Bonchev–Trinajstić information content (AvgIpc) is 2.82. The van der Waals surface area contributed by atoms with Gasteiger partial charge in [-0.05, 0) is 29.8 Å². The van der Waals surface area contributed by atoms with Gasteiger partial charge in [0.15, 0.2) is 0 Å². The number of hydrogen-bond donors (Lipinski definition) is 1. The lowest BCUT2D eigenvalue weighted by molar-refractivity contribution is 0.412. The van der Waals surface area contributed by atoms with Crippen molar-refractivity contribution in [2.75, 3.05) is 6.54 Å². The number of hydrogen-bond acceptors (Lipinski definition) is 2. The van der Waals surface area contributed by atoms with Crippen LogP contribution in [-0.2, 0) is 11.8 Å². The van der Waals surface area contributed by atoms with Crippen molar-refractivity contribution in [3.8, 4) is 0 Å². The second-order valence-corrected chi connectivity index (χ2v) is 5.44. The zero-order valence-electron chi connectivity index (χ0n) is 9.82. The van der Waals surface area contributed by atoms with E-state index < -0.39 is 0 Å².